The zero-order chi connectivity index (χ0) is 13.1. The summed E-state index contributed by atoms with van der Waals surface area (Å²) in [5, 5.41) is 9.16. The lowest BCUT2D eigenvalue weighted by atomic mass is 9.81. The van der Waals surface area contributed by atoms with Gasteiger partial charge < -0.3 is 9.84 Å². The van der Waals surface area contributed by atoms with Crippen LogP contribution in [0.2, 0.25) is 0 Å². The maximum atomic E-state index is 11.2. The first-order chi connectivity index (χ1) is 7.82. The quantitative estimate of drug-likeness (QED) is 0.924. The zero-order valence-corrected chi connectivity index (χ0v) is 11.8. The Morgan fingerprint density at radius 2 is 2.00 bits per heavy atom. The Labute approximate surface area is 110 Å². The number of benzene rings is 1. The van der Waals surface area contributed by atoms with Crippen molar-refractivity contribution in [1.82, 2.24) is 0 Å². The van der Waals surface area contributed by atoms with Gasteiger partial charge in [0.25, 0.3) is 0 Å². The van der Waals surface area contributed by atoms with Gasteiger partial charge in [-0.15, -0.1) is 0 Å². The second kappa shape index (κ2) is 5.54. The first-order valence-electron chi connectivity index (χ1n) is 5.42. The van der Waals surface area contributed by atoms with Crippen LogP contribution in [0.15, 0.2) is 28.7 Å². The number of aliphatic carboxylic acids is 1. The van der Waals surface area contributed by atoms with E-state index in [0.29, 0.717) is 5.75 Å². The molecule has 1 aromatic rings. The lowest BCUT2D eigenvalue weighted by Crippen LogP contribution is -2.33. The molecule has 0 amide bonds. The summed E-state index contributed by atoms with van der Waals surface area (Å²) in [7, 11) is 0. The van der Waals surface area contributed by atoms with Crippen molar-refractivity contribution in [2.45, 2.75) is 20.8 Å². The maximum absolute atomic E-state index is 11.2. The highest BCUT2D eigenvalue weighted by molar-refractivity contribution is 9.10. The van der Waals surface area contributed by atoms with Crippen LogP contribution < -0.4 is 4.74 Å². The third-order valence-corrected chi connectivity index (χ3v) is 3.24. The Balaban J connectivity index is 2.72. The average molecular weight is 301 g/mol. The van der Waals surface area contributed by atoms with E-state index in [1.807, 2.05) is 45.0 Å². The number of para-hydroxylation sites is 1. The van der Waals surface area contributed by atoms with Crippen LogP contribution in [0.25, 0.3) is 0 Å². The van der Waals surface area contributed by atoms with Crippen molar-refractivity contribution in [3.8, 4) is 5.75 Å². The number of hydrogen-bond acceptors (Lipinski definition) is 2. The highest BCUT2D eigenvalue weighted by Crippen LogP contribution is 2.29. The summed E-state index contributed by atoms with van der Waals surface area (Å²) in [4.78, 5) is 11.2. The Hall–Kier alpha value is -1.03. The van der Waals surface area contributed by atoms with Gasteiger partial charge in [-0.05, 0) is 33.5 Å². The van der Waals surface area contributed by atoms with E-state index in [1.165, 1.54) is 0 Å². The maximum Gasteiger partial charge on any atom is 0.310 e. The molecule has 0 aliphatic heterocycles. The van der Waals surface area contributed by atoms with E-state index < -0.39 is 11.9 Å². The molecule has 4 heteroatoms. The van der Waals surface area contributed by atoms with E-state index in [9.17, 15) is 4.79 Å². The second-order valence-corrected chi connectivity index (χ2v) is 5.85. The van der Waals surface area contributed by atoms with Crippen LogP contribution in [0.3, 0.4) is 0 Å². The van der Waals surface area contributed by atoms with E-state index in [4.69, 9.17) is 9.84 Å². The Kier molecular flexibility index (Phi) is 4.57. The van der Waals surface area contributed by atoms with E-state index in [-0.39, 0.29) is 12.0 Å². The van der Waals surface area contributed by atoms with Crippen LogP contribution >= 0.6 is 15.9 Å². The minimum Gasteiger partial charge on any atom is -0.491 e. The van der Waals surface area contributed by atoms with Crippen molar-refractivity contribution in [3.05, 3.63) is 28.7 Å². The molecule has 0 fully saturated rings. The molecule has 0 spiro atoms. The number of hydrogen-bond donors (Lipinski definition) is 1. The molecule has 17 heavy (non-hydrogen) atoms. The summed E-state index contributed by atoms with van der Waals surface area (Å²) < 4.78 is 6.39. The molecule has 0 aliphatic rings. The van der Waals surface area contributed by atoms with Crippen LogP contribution in [0.1, 0.15) is 20.8 Å². The molecular formula is C13H17BrO3. The van der Waals surface area contributed by atoms with Gasteiger partial charge in [0, 0.05) is 0 Å². The molecule has 0 aromatic heterocycles. The molecule has 94 valence electrons. The van der Waals surface area contributed by atoms with Gasteiger partial charge >= 0.3 is 5.97 Å². The van der Waals surface area contributed by atoms with Crippen LogP contribution in [0.5, 0.6) is 5.75 Å². The number of rotatable bonds is 4. The van der Waals surface area contributed by atoms with E-state index in [0.717, 1.165) is 4.47 Å². The Morgan fingerprint density at radius 3 is 2.47 bits per heavy atom. The van der Waals surface area contributed by atoms with Crippen LogP contribution in [-0.4, -0.2) is 17.7 Å². The molecule has 1 rings (SSSR count). The fraction of sp³-hybridized carbons (Fsp3) is 0.462. The standard InChI is InChI=1S/C13H17BrO3/c1-13(2,3)9(12(15)16)8-17-11-7-5-4-6-10(11)14/h4-7,9H,8H2,1-3H3,(H,15,16). The molecule has 1 atom stereocenters. The van der Waals surface area contributed by atoms with Gasteiger partial charge in [-0.2, -0.15) is 0 Å². The van der Waals surface area contributed by atoms with Gasteiger partial charge in [0.15, 0.2) is 0 Å². The highest BCUT2D eigenvalue weighted by atomic mass is 79.9. The molecule has 1 aromatic carbocycles. The fourth-order valence-corrected chi connectivity index (χ4v) is 1.83. The highest BCUT2D eigenvalue weighted by Gasteiger charge is 2.31. The lowest BCUT2D eigenvalue weighted by Gasteiger charge is -2.27. The zero-order valence-electron chi connectivity index (χ0n) is 10.2. The van der Waals surface area contributed by atoms with Gasteiger partial charge in [-0.25, -0.2) is 0 Å². The minimum absolute atomic E-state index is 0.168. The molecule has 0 heterocycles. The first-order valence-corrected chi connectivity index (χ1v) is 6.22. The molecule has 3 nitrogen and oxygen atoms in total. The van der Waals surface area contributed by atoms with Crippen molar-refractivity contribution < 1.29 is 14.6 Å². The van der Waals surface area contributed by atoms with Crippen LogP contribution in [0.4, 0.5) is 0 Å². The fourth-order valence-electron chi connectivity index (χ4n) is 1.43. The molecule has 1 unspecified atom stereocenters. The molecule has 1 N–H and O–H groups in total. The van der Waals surface area contributed by atoms with Crippen molar-refractivity contribution in [3.63, 3.8) is 0 Å². The SMILES string of the molecule is CC(C)(C)C(COc1ccccc1Br)C(=O)O. The number of halogens is 1. The third kappa shape index (κ3) is 4.04. The lowest BCUT2D eigenvalue weighted by molar-refractivity contribution is -0.146. The summed E-state index contributed by atoms with van der Waals surface area (Å²) in [6.07, 6.45) is 0. The number of ether oxygens (including phenoxy) is 1. The molecular weight excluding hydrogens is 284 g/mol. The topological polar surface area (TPSA) is 46.5 Å². The van der Waals surface area contributed by atoms with E-state index >= 15 is 0 Å². The predicted molar refractivity (Wildman–Crippen MR) is 70.2 cm³/mol. The van der Waals surface area contributed by atoms with Gasteiger partial charge in [-0.3, -0.25) is 4.79 Å². The molecule has 0 aliphatic carbocycles. The minimum atomic E-state index is -0.829. The monoisotopic (exact) mass is 300 g/mol. The third-order valence-electron chi connectivity index (χ3n) is 2.59. The molecule has 0 saturated heterocycles. The largest absolute Gasteiger partial charge is 0.491 e. The van der Waals surface area contributed by atoms with E-state index in [2.05, 4.69) is 15.9 Å². The van der Waals surface area contributed by atoms with Gasteiger partial charge in [0.05, 0.1) is 10.4 Å². The van der Waals surface area contributed by atoms with Crippen LogP contribution in [0, 0.1) is 11.3 Å². The van der Waals surface area contributed by atoms with E-state index in [1.54, 1.807) is 0 Å². The number of carboxylic acid groups (broad SMARTS) is 1. The van der Waals surface area contributed by atoms with Gasteiger partial charge in [0.1, 0.15) is 12.4 Å². The average Bonchev–Trinajstić information content (AvgIpc) is 2.18. The first kappa shape index (κ1) is 14.0. The van der Waals surface area contributed by atoms with Crippen molar-refractivity contribution >= 4 is 21.9 Å². The number of carboxylic acids is 1. The summed E-state index contributed by atoms with van der Waals surface area (Å²) in [5.74, 6) is -0.692. The van der Waals surface area contributed by atoms with Crippen molar-refractivity contribution in [2.24, 2.45) is 11.3 Å². The van der Waals surface area contributed by atoms with Crippen molar-refractivity contribution in [2.75, 3.05) is 6.61 Å². The normalized spacial score (nSPS) is 13.2. The van der Waals surface area contributed by atoms with Gasteiger partial charge in [-0.1, -0.05) is 32.9 Å². The molecule has 0 bridgehead atoms. The molecule has 0 radical (unpaired) electrons. The smallest absolute Gasteiger partial charge is 0.310 e. The summed E-state index contributed by atoms with van der Waals surface area (Å²) in [5.41, 5.74) is -0.326. The van der Waals surface area contributed by atoms with Gasteiger partial charge in [0.2, 0.25) is 0 Å². The summed E-state index contributed by atoms with van der Waals surface area (Å²) in [6, 6.07) is 7.41. The Bertz CT molecular complexity index is 396. The van der Waals surface area contributed by atoms with Crippen molar-refractivity contribution in [1.29, 1.82) is 0 Å². The summed E-state index contributed by atoms with van der Waals surface area (Å²) >= 11 is 3.36. The Morgan fingerprint density at radius 1 is 1.41 bits per heavy atom. The predicted octanol–water partition coefficient (Wildman–Crippen LogP) is 3.57. The second-order valence-electron chi connectivity index (χ2n) is 5.00. The van der Waals surface area contributed by atoms with Crippen LogP contribution in [-0.2, 0) is 4.79 Å². The summed E-state index contributed by atoms with van der Waals surface area (Å²) in [6.45, 7) is 5.86. The number of carbonyl (C=O) groups is 1. The molecule has 0 saturated carbocycles.